The zero-order valence-electron chi connectivity index (χ0n) is 8.95. The Morgan fingerprint density at radius 2 is 1.11 bits per heavy atom. The summed E-state index contributed by atoms with van der Waals surface area (Å²) in [5, 5.41) is 2.28. The van der Waals surface area contributed by atoms with E-state index in [2.05, 4.69) is 34.2 Å². The van der Waals surface area contributed by atoms with E-state index < -0.39 is 15.3 Å². The molecule has 2 aromatic heterocycles. The minimum Gasteiger partial charge on any atom is -0.254 e. The van der Waals surface area contributed by atoms with Gasteiger partial charge < -0.3 is 0 Å². The summed E-state index contributed by atoms with van der Waals surface area (Å²) < 4.78 is 29.1. The van der Waals surface area contributed by atoms with Crippen molar-refractivity contribution in [2.24, 2.45) is 0 Å². The largest absolute Gasteiger partial charge is 0.254 e. The number of fused-ring (bicyclic) bond motifs is 3. The molecule has 0 unspecified atom stereocenters. The van der Waals surface area contributed by atoms with E-state index in [1.807, 2.05) is 12.1 Å². The molecule has 1 aromatic carbocycles. The summed E-state index contributed by atoms with van der Waals surface area (Å²) in [7, 11) is 0. The number of halogens is 3. The van der Waals surface area contributed by atoms with Crippen molar-refractivity contribution in [1.82, 2.24) is 9.97 Å². The summed E-state index contributed by atoms with van der Waals surface area (Å²) in [6, 6.07) is 12.1. The smallest absolute Gasteiger partial charge is 0.0964 e. The van der Waals surface area contributed by atoms with Crippen molar-refractivity contribution < 1.29 is 25.9 Å². The van der Waals surface area contributed by atoms with E-state index >= 15 is 0 Å². The van der Waals surface area contributed by atoms with Crippen LogP contribution in [0.4, 0.5) is 10.7 Å². The first-order valence-electron chi connectivity index (χ1n) is 4.88. The topological polar surface area (TPSA) is 25.8 Å². The minimum absolute atomic E-state index is 0.977. The van der Waals surface area contributed by atoms with Gasteiger partial charge in [0.25, 0.3) is 0 Å². The first-order valence-corrected chi connectivity index (χ1v) is 5.94. The molecule has 0 N–H and O–H groups in total. The zero-order chi connectivity index (χ0) is 13.0. The van der Waals surface area contributed by atoms with Crippen LogP contribution < -0.4 is 0 Å². The first kappa shape index (κ1) is 12.8. The molecule has 0 aliphatic carbocycles. The van der Waals surface area contributed by atoms with E-state index in [0.29, 0.717) is 0 Å². The van der Waals surface area contributed by atoms with E-state index in [1.165, 1.54) is 0 Å². The molecule has 2 nitrogen and oxygen atoms in total. The fourth-order valence-corrected chi connectivity index (χ4v) is 1.68. The summed E-state index contributed by atoms with van der Waals surface area (Å²) >= 11 is -3.81. The van der Waals surface area contributed by atoms with E-state index in [-0.39, 0.29) is 0 Å². The molecule has 0 spiro atoms. The number of hydrogen-bond donors (Lipinski definition) is 0. The second kappa shape index (κ2) is 5.80. The minimum atomic E-state index is -3.81. The van der Waals surface area contributed by atoms with Gasteiger partial charge in [0.05, 0.1) is 11.0 Å². The maximum Gasteiger partial charge on any atom is 0.0964 e. The molecule has 0 atom stereocenters. The molecule has 6 heteroatoms. The Labute approximate surface area is 107 Å². The number of hydrogen-bond acceptors (Lipinski definition) is 2. The van der Waals surface area contributed by atoms with Crippen LogP contribution in [-0.4, -0.2) is 9.97 Å². The van der Waals surface area contributed by atoms with Gasteiger partial charge in [-0.3, -0.25) is 9.97 Å². The van der Waals surface area contributed by atoms with Crippen LogP contribution in [0, 0.1) is 0 Å². The second-order valence-electron chi connectivity index (χ2n) is 3.35. The Morgan fingerprint density at radius 3 is 1.50 bits per heavy atom. The van der Waals surface area contributed by atoms with Crippen molar-refractivity contribution in [3.63, 3.8) is 0 Å². The maximum absolute atomic E-state index is 9.69. The molecule has 98 valence electrons. The summed E-state index contributed by atoms with van der Waals surface area (Å²) in [5.74, 6) is 0. The van der Waals surface area contributed by atoms with Gasteiger partial charge >= 0.3 is 25.9 Å². The van der Waals surface area contributed by atoms with Crippen molar-refractivity contribution in [3.8, 4) is 0 Å². The molecule has 18 heavy (non-hydrogen) atoms. The zero-order valence-corrected chi connectivity index (χ0v) is 9.89. The van der Waals surface area contributed by atoms with Crippen LogP contribution in [0.1, 0.15) is 0 Å². The van der Waals surface area contributed by atoms with E-state index in [1.54, 1.807) is 12.4 Å². The SMILES string of the molecule is [F][Cu]([F])[F].c1cnc2c(c1)ccc1cccnc12. The molecule has 0 saturated heterocycles. The third-order valence-electron chi connectivity index (χ3n) is 2.34. The van der Waals surface area contributed by atoms with Gasteiger partial charge in [0.15, 0.2) is 0 Å². The molecule has 0 fully saturated rings. The summed E-state index contributed by atoms with van der Waals surface area (Å²) in [6.45, 7) is 0. The van der Waals surface area contributed by atoms with Gasteiger partial charge in [-0.25, -0.2) is 0 Å². The predicted molar refractivity (Wildman–Crippen MR) is 60.4 cm³/mol. The predicted octanol–water partition coefficient (Wildman–Crippen LogP) is 4.04. The Bertz CT molecular complexity index is 603. The van der Waals surface area contributed by atoms with Crippen LogP contribution in [0.2, 0.25) is 0 Å². The van der Waals surface area contributed by atoms with Gasteiger partial charge in [0.2, 0.25) is 0 Å². The maximum atomic E-state index is 9.69. The van der Waals surface area contributed by atoms with Crippen LogP contribution in [0.15, 0.2) is 48.8 Å². The van der Waals surface area contributed by atoms with Gasteiger partial charge in [0.1, 0.15) is 0 Å². The first-order chi connectivity index (χ1) is 8.68. The summed E-state index contributed by atoms with van der Waals surface area (Å²) in [4.78, 5) is 8.69. The van der Waals surface area contributed by atoms with Crippen molar-refractivity contribution in [2.45, 2.75) is 0 Å². The van der Waals surface area contributed by atoms with Crippen LogP contribution in [0.25, 0.3) is 21.8 Å². The molecule has 0 bridgehead atoms. The number of aromatic nitrogens is 2. The fourth-order valence-electron chi connectivity index (χ4n) is 1.68. The standard InChI is InChI=1S/C12H8N2.Cu.3FH/c1-3-9-5-6-10-4-2-8-14-12(10)11(9)13-7-1;;;;/h1-8H;;3*1H/q;+3;;;/p-3. The monoisotopic (exact) mass is 300 g/mol. The van der Waals surface area contributed by atoms with E-state index in [9.17, 15) is 10.7 Å². The second-order valence-corrected chi connectivity index (χ2v) is 3.75. The van der Waals surface area contributed by atoms with Crippen molar-refractivity contribution >= 4 is 21.8 Å². The fraction of sp³-hybridized carbons (Fsp3) is 0. The van der Waals surface area contributed by atoms with Crippen molar-refractivity contribution in [1.29, 1.82) is 0 Å². The number of benzene rings is 1. The molecular formula is C12H8CuF3N2. The van der Waals surface area contributed by atoms with Crippen LogP contribution >= 0.6 is 0 Å². The van der Waals surface area contributed by atoms with Crippen LogP contribution in [0.3, 0.4) is 0 Å². The molecule has 0 aliphatic heterocycles. The molecule has 0 radical (unpaired) electrons. The quantitative estimate of drug-likeness (QED) is 0.462. The molecule has 3 aromatic rings. The van der Waals surface area contributed by atoms with E-state index in [0.717, 1.165) is 21.8 Å². The Morgan fingerprint density at radius 1 is 0.722 bits per heavy atom. The van der Waals surface area contributed by atoms with Crippen molar-refractivity contribution in [3.05, 3.63) is 48.8 Å². The molecule has 0 amide bonds. The van der Waals surface area contributed by atoms with Crippen LogP contribution in [0.5, 0.6) is 0 Å². The average molecular weight is 301 g/mol. The average Bonchev–Trinajstić information content (AvgIpc) is 2.38. The molecule has 3 rings (SSSR count). The Balaban J connectivity index is 0.000000267. The van der Waals surface area contributed by atoms with E-state index in [4.69, 9.17) is 0 Å². The third kappa shape index (κ3) is 2.97. The van der Waals surface area contributed by atoms with Gasteiger partial charge in [-0.1, -0.05) is 24.3 Å². The number of rotatable bonds is 0. The number of pyridine rings is 2. The molecular weight excluding hydrogens is 293 g/mol. The van der Waals surface area contributed by atoms with Gasteiger partial charge in [-0.2, -0.15) is 0 Å². The third-order valence-corrected chi connectivity index (χ3v) is 2.34. The van der Waals surface area contributed by atoms with Gasteiger partial charge in [0, 0.05) is 23.2 Å². The molecule has 0 saturated carbocycles. The number of nitrogens with zero attached hydrogens (tertiary/aromatic N) is 2. The summed E-state index contributed by atoms with van der Waals surface area (Å²) in [5.41, 5.74) is 1.95. The Kier molecular flexibility index (Phi) is 4.12. The van der Waals surface area contributed by atoms with Gasteiger partial charge in [-0.15, -0.1) is 0 Å². The van der Waals surface area contributed by atoms with Gasteiger partial charge in [-0.05, 0) is 12.1 Å². The molecule has 2 heterocycles. The normalized spacial score (nSPS) is 10.9. The summed E-state index contributed by atoms with van der Waals surface area (Å²) in [6.07, 6.45) is 3.60. The molecule has 0 aliphatic rings. The van der Waals surface area contributed by atoms with Crippen LogP contribution in [-0.2, 0) is 15.3 Å². The van der Waals surface area contributed by atoms with Crippen molar-refractivity contribution in [2.75, 3.05) is 0 Å². The Hall–Kier alpha value is -1.65.